The van der Waals surface area contributed by atoms with Gasteiger partial charge in [0.1, 0.15) is 5.75 Å². The van der Waals surface area contributed by atoms with Crippen LogP contribution in [-0.4, -0.2) is 41.6 Å². The molecule has 27 heavy (non-hydrogen) atoms. The Balaban J connectivity index is 1.92. The molecule has 0 aliphatic rings. The van der Waals surface area contributed by atoms with E-state index in [2.05, 4.69) is 6.92 Å². The van der Waals surface area contributed by atoms with Crippen LogP contribution in [0.4, 0.5) is 0 Å². The zero-order valence-corrected chi connectivity index (χ0v) is 16.1. The molecular weight excluding hydrogens is 342 g/mol. The predicted octanol–water partition coefficient (Wildman–Crippen LogP) is 3.81. The summed E-state index contributed by atoms with van der Waals surface area (Å²) in [7, 11) is 1.64. The van der Waals surface area contributed by atoms with Crippen molar-refractivity contribution in [2.45, 2.75) is 39.2 Å². The number of carbonyl (C=O) groups is 2. The Morgan fingerprint density at radius 2 is 1.63 bits per heavy atom. The minimum absolute atomic E-state index is 0.102. The van der Waals surface area contributed by atoms with Crippen LogP contribution in [0.1, 0.15) is 41.8 Å². The maximum Gasteiger partial charge on any atom is 0.335 e. The molecule has 2 rings (SSSR count). The molecule has 0 aliphatic heterocycles. The molecule has 0 bridgehead atoms. The normalized spacial score (nSPS) is 11.7. The molecular formula is C22H27NO4. The first-order valence-electron chi connectivity index (χ1n) is 9.19. The van der Waals surface area contributed by atoms with Crippen LogP contribution >= 0.6 is 0 Å². The molecule has 1 amide bonds. The molecule has 0 aliphatic carbocycles. The van der Waals surface area contributed by atoms with Gasteiger partial charge in [0, 0.05) is 19.0 Å². The number of ether oxygens (including phenoxy) is 1. The fraction of sp³-hybridized carbons (Fsp3) is 0.364. The molecule has 1 atom stereocenters. The van der Waals surface area contributed by atoms with Crippen molar-refractivity contribution < 1.29 is 19.4 Å². The third-order valence-corrected chi connectivity index (χ3v) is 4.71. The van der Waals surface area contributed by atoms with Gasteiger partial charge in [-0.3, -0.25) is 4.79 Å². The number of likely N-dealkylation sites (N-methyl/N-ethyl adjacent to an activating group) is 1. The van der Waals surface area contributed by atoms with Crippen LogP contribution < -0.4 is 4.74 Å². The van der Waals surface area contributed by atoms with Gasteiger partial charge in [-0.15, -0.1) is 0 Å². The van der Waals surface area contributed by atoms with E-state index in [4.69, 9.17) is 9.84 Å². The number of carboxylic acids is 1. The fourth-order valence-corrected chi connectivity index (χ4v) is 3.16. The second kappa shape index (κ2) is 9.76. The van der Waals surface area contributed by atoms with Crippen LogP contribution in [-0.2, 0) is 17.6 Å². The third kappa shape index (κ3) is 5.84. The summed E-state index contributed by atoms with van der Waals surface area (Å²) >= 11 is 0. The molecule has 0 radical (unpaired) electrons. The minimum atomic E-state index is -0.942. The zero-order chi connectivity index (χ0) is 19.8. The molecule has 0 heterocycles. The number of carbonyl (C=O) groups excluding carboxylic acids is 1. The van der Waals surface area contributed by atoms with Crippen molar-refractivity contribution in [1.29, 1.82) is 0 Å². The maximum atomic E-state index is 12.7. The van der Waals surface area contributed by atoms with Crippen molar-refractivity contribution in [2.24, 2.45) is 0 Å². The van der Waals surface area contributed by atoms with E-state index >= 15 is 0 Å². The summed E-state index contributed by atoms with van der Waals surface area (Å²) < 4.78 is 5.18. The van der Waals surface area contributed by atoms with Crippen LogP contribution in [0.2, 0.25) is 0 Å². The Kier molecular flexibility index (Phi) is 7.41. The van der Waals surface area contributed by atoms with E-state index in [1.54, 1.807) is 31.4 Å². The molecule has 0 spiro atoms. The average Bonchev–Trinajstić information content (AvgIpc) is 2.67. The SMILES string of the molecule is CCN(C(=O)CCc1ccc(C(=O)O)cc1)C(C)Cc1ccc(OC)cc1. The highest BCUT2D eigenvalue weighted by atomic mass is 16.5. The number of benzene rings is 2. The van der Waals surface area contributed by atoms with E-state index in [1.807, 2.05) is 36.1 Å². The first-order valence-corrected chi connectivity index (χ1v) is 9.19. The minimum Gasteiger partial charge on any atom is -0.497 e. The molecule has 5 nitrogen and oxygen atoms in total. The molecule has 144 valence electrons. The van der Waals surface area contributed by atoms with Crippen LogP contribution in [0.3, 0.4) is 0 Å². The highest BCUT2D eigenvalue weighted by Gasteiger charge is 2.18. The Bertz CT molecular complexity index is 753. The highest BCUT2D eigenvalue weighted by molar-refractivity contribution is 5.87. The van der Waals surface area contributed by atoms with E-state index in [0.29, 0.717) is 19.4 Å². The van der Waals surface area contributed by atoms with Gasteiger partial charge < -0.3 is 14.7 Å². The number of methoxy groups -OCH3 is 1. The van der Waals surface area contributed by atoms with E-state index < -0.39 is 5.97 Å². The van der Waals surface area contributed by atoms with Gasteiger partial charge in [0.2, 0.25) is 5.91 Å². The second-order valence-corrected chi connectivity index (χ2v) is 6.58. The Hall–Kier alpha value is -2.82. The fourth-order valence-electron chi connectivity index (χ4n) is 3.16. The summed E-state index contributed by atoms with van der Waals surface area (Å²) in [5.41, 5.74) is 2.39. The van der Waals surface area contributed by atoms with Gasteiger partial charge in [0.05, 0.1) is 12.7 Å². The lowest BCUT2D eigenvalue weighted by Crippen LogP contribution is -2.39. The molecule has 2 aromatic rings. The second-order valence-electron chi connectivity index (χ2n) is 6.58. The predicted molar refractivity (Wildman–Crippen MR) is 105 cm³/mol. The van der Waals surface area contributed by atoms with Crippen molar-refractivity contribution in [3.63, 3.8) is 0 Å². The van der Waals surface area contributed by atoms with Crippen LogP contribution in [0.25, 0.3) is 0 Å². The smallest absolute Gasteiger partial charge is 0.335 e. The lowest BCUT2D eigenvalue weighted by atomic mass is 10.0. The first kappa shape index (κ1) is 20.5. The van der Waals surface area contributed by atoms with Gasteiger partial charge in [0.25, 0.3) is 0 Å². The Labute approximate surface area is 160 Å². The van der Waals surface area contributed by atoms with E-state index in [9.17, 15) is 9.59 Å². The standard InChI is InChI=1S/C22H27NO4/c1-4-23(16(2)15-18-7-12-20(27-3)13-8-18)21(24)14-9-17-5-10-19(11-6-17)22(25)26/h5-8,10-13,16H,4,9,14-15H2,1-3H3,(H,25,26). The maximum absolute atomic E-state index is 12.7. The quantitative estimate of drug-likeness (QED) is 0.730. The van der Waals surface area contributed by atoms with Crippen molar-refractivity contribution in [3.8, 4) is 5.75 Å². The molecule has 5 heteroatoms. The van der Waals surface area contributed by atoms with E-state index in [0.717, 1.165) is 17.7 Å². The number of aryl methyl sites for hydroxylation is 1. The number of amides is 1. The van der Waals surface area contributed by atoms with Crippen molar-refractivity contribution in [2.75, 3.05) is 13.7 Å². The molecule has 2 aromatic carbocycles. The number of hydrogen-bond donors (Lipinski definition) is 1. The number of rotatable bonds is 9. The molecule has 1 N–H and O–H groups in total. The van der Waals surface area contributed by atoms with Gasteiger partial charge in [-0.05, 0) is 62.1 Å². The number of hydrogen-bond acceptors (Lipinski definition) is 3. The highest BCUT2D eigenvalue weighted by Crippen LogP contribution is 2.16. The number of nitrogens with zero attached hydrogens (tertiary/aromatic N) is 1. The van der Waals surface area contributed by atoms with Gasteiger partial charge in [-0.25, -0.2) is 4.79 Å². The van der Waals surface area contributed by atoms with Crippen molar-refractivity contribution in [1.82, 2.24) is 4.90 Å². The Morgan fingerprint density at radius 1 is 1.04 bits per heavy atom. The Morgan fingerprint density at radius 3 is 2.15 bits per heavy atom. The summed E-state index contributed by atoms with van der Waals surface area (Å²) in [4.78, 5) is 25.5. The van der Waals surface area contributed by atoms with E-state index in [1.165, 1.54) is 5.56 Å². The van der Waals surface area contributed by atoms with Gasteiger partial charge >= 0.3 is 5.97 Å². The summed E-state index contributed by atoms with van der Waals surface area (Å²) in [6.07, 6.45) is 1.80. The molecule has 0 saturated heterocycles. The lowest BCUT2D eigenvalue weighted by Gasteiger charge is -2.28. The largest absolute Gasteiger partial charge is 0.497 e. The molecule has 0 fully saturated rings. The third-order valence-electron chi connectivity index (χ3n) is 4.71. The first-order chi connectivity index (χ1) is 12.9. The summed E-state index contributed by atoms with van der Waals surface area (Å²) in [5.74, 6) is -0.00768. The van der Waals surface area contributed by atoms with Gasteiger partial charge in [-0.1, -0.05) is 24.3 Å². The number of aromatic carboxylic acids is 1. The van der Waals surface area contributed by atoms with Gasteiger partial charge in [-0.2, -0.15) is 0 Å². The summed E-state index contributed by atoms with van der Waals surface area (Å²) in [5, 5.41) is 8.94. The molecule has 0 aromatic heterocycles. The summed E-state index contributed by atoms with van der Waals surface area (Å²) in [6, 6.07) is 14.7. The van der Waals surface area contributed by atoms with Crippen LogP contribution in [0.15, 0.2) is 48.5 Å². The molecule has 0 saturated carbocycles. The zero-order valence-electron chi connectivity index (χ0n) is 16.1. The monoisotopic (exact) mass is 369 g/mol. The van der Waals surface area contributed by atoms with Crippen LogP contribution in [0.5, 0.6) is 5.75 Å². The van der Waals surface area contributed by atoms with E-state index in [-0.39, 0.29) is 17.5 Å². The van der Waals surface area contributed by atoms with Gasteiger partial charge in [0.15, 0.2) is 0 Å². The van der Waals surface area contributed by atoms with Crippen molar-refractivity contribution >= 4 is 11.9 Å². The lowest BCUT2D eigenvalue weighted by molar-refractivity contribution is -0.132. The molecule has 1 unspecified atom stereocenters. The summed E-state index contributed by atoms with van der Waals surface area (Å²) in [6.45, 7) is 4.71. The van der Waals surface area contributed by atoms with Crippen molar-refractivity contribution in [3.05, 3.63) is 65.2 Å². The van der Waals surface area contributed by atoms with Crippen LogP contribution in [0, 0.1) is 0 Å². The number of carboxylic acid groups (broad SMARTS) is 1. The average molecular weight is 369 g/mol. The topological polar surface area (TPSA) is 66.8 Å².